The third kappa shape index (κ3) is 3.88. The van der Waals surface area contributed by atoms with Gasteiger partial charge in [0, 0.05) is 32.4 Å². The van der Waals surface area contributed by atoms with Gasteiger partial charge < -0.3 is 10.1 Å². The van der Waals surface area contributed by atoms with Crippen molar-refractivity contribution in [2.45, 2.75) is 26.1 Å². The smallest absolute Gasteiger partial charge is 0.272 e. The van der Waals surface area contributed by atoms with Gasteiger partial charge in [-0.15, -0.1) is 0 Å². The van der Waals surface area contributed by atoms with Crippen LogP contribution in [0.15, 0.2) is 30.5 Å². The molecule has 1 saturated heterocycles. The summed E-state index contributed by atoms with van der Waals surface area (Å²) in [6, 6.07) is 7.57. The number of hydrogen-bond acceptors (Lipinski definition) is 5. The monoisotopic (exact) mass is 341 g/mol. The van der Waals surface area contributed by atoms with Crippen molar-refractivity contribution in [3.63, 3.8) is 0 Å². The van der Waals surface area contributed by atoms with E-state index >= 15 is 0 Å². The molecule has 132 valence electrons. The summed E-state index contributed by atoms with van der Waals surface area (Å²) in [5.74, 6) is 0.485. The Morgan fingerprint density at radius 3 is 3.12 bits per heavy atom. The lowest BCUT2D eigenvalue weighted by molar-refractivity contribution is 0.0944. The Balaban J connectivity index is 1.35. The van der Waals surface area contributed by atoms with Crippen molar-refractivity contribution >= 4 is 5.91 Å². The van der Waals surface area contributed by atoms with E-state index in [1.165, 1.54) is 0 Å². The van der Waals surface area contributed by atoms with Gasteiger partial charge >= 0.3 is 0 Å². The van der Waals surface area contributed by atoms with Crippen LogP contribution in [-0.4, -0.2) is 51.9 Å². The number of rotatable bonds is 5. The van der Waals surface area contributed by atoms with Gasteiger partial charge in [-0.25, -0.2) is 0 Å². The predicted molar refractivity (Wildman–Crippen MR) is 91.8 cm³/mol. The lowest BCUT2D eigenvalue weighted by Gasteiger charge is -2.29. The Bertz CT molecular complexity index is 724. The summed E-state index contributed by atoms with van der Waals surface area (Å²) in [6.07, 6.45) is 2.87. The Kier molecular flexibility index (Phi) is 4.76. The van der Waals surface area contributed by atoms with Crippen molar-refractivity contribution in [3.8, 4) is 0 Å². The van der Waals surface area contributed by atoms with E-state index in [2.05, 4.69) is 20.3 Å². The number of carbonyl (C=O) groups excluding carboxylic acids is 1. The van der Waals surface area contributed by atoms with E-state index in [0.717, 1.165) is 57.2 Å². The van der Waals surface area contributed by atoms with Crippen LogP contribution in [0.5, 0.6) is 0 Å². The fourth-order valence-corrected chi connectivity index (χ4v) is 3.44. The van der Waals surface area contributed by atoms with Crippen LogP contribution >= 0.6 is 0 Å². The third-order valence-electron chi connectivity index (χ3n) is 4.81. The van der Waals surface area contributed by atoms with Crippen LogP contribution in [-0.2, 0) is 24.4 Å². The van der Waals surface area contributed by atoms with E-state index in [1.807, 2.05) is 28.9 Å². The third-order valence-corrected chi connectivity index (χ3v) is 4.81. The summed E-state index contributed by atoms with van der Waals surface area (Å²) in [5.41, 5.74) is 2.43. The van der Waals surface area contributed by atoms with Gasteiger partial charge in [0.15, 0.2) is 5.69 Å². The molecule has 1 N–H and O–H groups in total. The molecule has 25 heavy (non-hydrogen) atoms. The van der Waals surface area contributed by atoms with Crippen LogP contribution in [0.3, 0.4) is 0 Å². The summed E-state index contributed by atoms with van der Waals surface area (Å²) < 4.78 is 7.42. The Hall–Kier alpha value is -2.25. The quantitative estimate of drug-likeness (QED) is 0.880. The number of pyridine rings is 1. The van der Waals surface area contributed by atoms with Crippen LogP contribution in [0.25, 0.3) is 0 Å². The molecule has 0 radical (unpaired) electrons. The van der Waals surface area contributed by atoms with Crippen LogP contribution < -0.4 is 5.32 Å². The van der Waals surface area contributed by atoms with Gasteiger partial charge in [-0.2, -0.15) is 5.10 Å². The van der Waals surface area contributed by atoms with Crippen LogP contribution in [0.1, 0.15) is 28.3 Å². The molecule has 0 saturated carbocycles. The Morgan fingerprint density at radius 1 is 1.36 bits per heavy atom. The first-order chi connectivity index (χ1) is 12.3. The Morgan fingerprint density at radius 2 is 2.32 bits per heavy atom. The second-order valence-corrected chi connectivity index (χ2v) is 6.71. The molecule has 0 bridgehead atoms. The fourth-order valence-electron chi connectivity index (χ4n) is 3.44. The van der Waals surface area contributed by atoms with E-state index in [-0.39, 0.29) is 5.91 Å². The minimum absolute atomic E-state index is 0.150. The molecule has 2 aromatic heterocycles. The molecule has 2 aliphatic heterocycles. The van der Waals surface area contributed by atoms with Crippen molar-refractivity contribution in [2.24, 2.45) is 5.92 Å². The molecule has 2 aliphatic rings. The number of amides is 1. The molecule has 1 amide bonds. The summed E-state index contributed by atoms with van der Waals surface area (Å²) in [7, 11) is 0. The molecule has 7 nitrogen and oxygen atoms in total. The number of hydrogen-bond donors (Lipinski definition) is 1. The lowest BCUT2D eigenvalue weighted by atomic mass is 10.1. The average Bonchev–Trinajstić information content (AvgIpc) is 3.30. The van der Waals surface area contributed by atoms with Crippen molar-refractivity contribution in [1.82, 2.24) is 25.0 Å². The van der Waals surface area contributed by atoms with Gasteiger partial charge in [0.25, 0.3) is 5.91 Å². The van der Waals surface area contributed by atoms with Gasteiger partial charge in [0.2, 0.25) is 0 Å². The van der Waals surface area contributed by atoms with Gasteiger partial charge in [-0.1, -0.05) is 6.07 Å². The standard InChI is InChI=1S/C18H23N5O2/c24-18(20-10-15-3-1-2-5-19-15)17-9-16-12-22(6-7-23(16)21-17)11-14-4-8-25-13-14/h1-3,5,9,14H,4,6-8,10-13H2,(H,20,24). The summed E-state index contributed by atoms with van der Waals surface area (Å²) >= 11 is 0. The van der Waals surface area contributed by atoms with E-state index in [0.29, 0.717) is 18.2 Å². The molecular formula is C18H23N5O2. The second-order valence-electron chi connectivity index (χ2n) is 6.71. The van der Waals surface area contributed by atoms with Crippen LogP contribution in [0.4, 0.5) is 0 Å². The maximum atomic E-state index is 12.4. The highest BCUT2D eigenvalue weighted by Crippen LogP contribution is 2.19. The largest absolute Gasteiger partial charge is 0.381 e. The molecule has 1 unspecified atom stereocenters. The van der Waals surface area contributed by atoms with E-state index in [4.69, 9.17) is 4.74 Å². The van der Waals surface area contributed by atoms with Crippen molar-refractivity contribution in [2.75, 3.05) is 26.3 Å². The van der Waals surface area contributed by atoms with Crippen molar-refractivity contribution in [3.05, 3.63) is 47.5 Å². The van der Waals surface area contributed by atoms with Crippen molar-refractivity contribution < 1.29 is 9.53 Å². The van der Waals surface area contributed by atoms with E-state index < -0.39 is 0 Å². The first-order valence-corrected chi connectivity index (χ1v) is 8.83. The van der Waals surface area contributed by atoms with Gasteiger partial charge in [0.05, 0.1) is 31.1 Å². The highest BCUT2D eigenvalue weighted by Gasteiger charge is 2.24. The molecule has 4 heterocycles. The SMILES string of the molecule is O=C(NCc1ccccn1)c1cc2n(n1)CCN(CC1CCOC1)C2. The number of carbonyl (C=O) groups is 1. The second kappa shape index (κ2) is 7.33. The molecule has 4 rings (SSSR count). The Labute approximate surface area is 147 Å². The topological polar surface area (TPSA) is 72.3 Å². The molecule has 0 aromatic carbocycles. The summed E-state index contributed by atoms with van der Waals surface area (Å²) in [4.78, 5) is 19.0. The molecule has 0 aliphatic carbocycles. The summed E-state index contributed by atoms with van der Waals surface area (Å²) in [5, 5.41) is 7.35. The minimum Gasteiger partial charge on any atom is -0.381 e. The molecular weight excluding hydrogens is 318 g/mol. The highest BCUT2D eigenvalue weighted by atomic mass is 16.5. The van der Waals surface area contributed by atoms with E-state index in [9.17, 15) is 4.79 Å². The predicted octanol–water partition coefficient (Wildman–Crippen LogP) is 1.06. The zero-order valence-corrected chi connectivity index (χ0v) is 14.2. The maximum absolute atomic E-state index is 12.4. The maximum Gasteiger partial charge on any atom is 0.272 e. The normalized spacial score (nSPS) is 20.4. The number of fused-ring (bicyclic) bond motifs is 1. The zero-order chi connectivity index (χ0) is 17.1. The molecule has 0 spiro atoms. The zero-order valence-electron chi connectivity index (χ0n) is 14.2. The van der Waals surface area contributed by atoms with Crippen LogP contribution in [0, 0.1) is 5.92 Å². The molecule has 2 aromatic rings. The minimum atomic E-state index is -0.150. The first-order valence-electron chi connectivity index (χ1n) is 8.83. The lowest BCUT2D eigenvalue weighted by Crippen LogP contribution is -2.37. The van der Waals surface area contributed by atoms with Gasteiger partial charge in [-0.3, -0.25) is 19.4 Å². The number of nitrogens with one attached hydrogen (secondary N) is 1. The number of nitrogens with zero attached hydrogens (tertiary/aromatic N) is 4. The average molecular weight is 341 g/mol. The number of aromatic nitrogens is 3. The fraction of sp³-hybridized carbons (Fsp3) is 0.500. The first kappa shape index (κ1) is 16.2. The van der Waals surface area contributed by atoms with Gasteiger partial charge in [-0.05, 0) is 30.5 Å². The van der Waals surface area contributed by atoms with Crippen LogP contribution in [0.2, 0.25) is 0 Å². The van der Waals surface area contributed by atoms with Crippen molar-refractivity contribution in [1.29, 1.82) is 0 Å². The molecule has 1 atom stereocenters. The van der Waals surface area contributed by atoms with E-state index in [1.54, 1.807) is 6.20 Å². The molecule has 1 fully saturated rings. The molecule has 7 heteroatoms. The van der Waals surface area contributed by atoms with Gasteiger partial charge in [0.1, 0.15) is 0 Å². The summed E-state index contributed by atoms with van der Waals surface area (Å²) in [6.45, 7) is 5.88. The number of ether oxygens (including phenoxy) is 1. The highest BCUT2D eigenvalue weighted by molar-refractivity contribution is 5.92.